The Kier molecular flexibility index (Phi) is 3.94. The summed E-state index contributed by atoms with van der Waals surface area (Å²) in [4.78, 5) is 4.22. The first-order chi connectivity index (χ1) is 8.94. The highest BCUT2D eigenvalue weighted by Gasteiger charge is 2.32. The van der Waals surface area contributed by atoms with Crippen LogP contribution in [0.3, 0.4) is 0 Å². The van der Waals surface area contributed by atoms with Gasteiger partial charge in [0, 0.05) is 5.38 Å². The molecule has 0 aliphatic rings. The van der Waals surface area contributed by atoms with Gasteiger partial charge < -0.3 is 10.1 Å². The highest BCUT2D eigenvalue weighted by molar-refractivity contribution is 7.09. The minimum Gasteiger partial charge on any atom is -0.404 e. The maximum atomic E-state index is 12.2. The molecule has 0 atom stereocenters. The molecule has 1 N–H and O–H groups in total. The quantitative estimate of drug-likeness (QED) is 0.924. The Hall–Kier alpha value is -1.76. The van der Waals surface area contributed by atoms with Gasteiger partial charge in [-0.25, -0.2) is 4.98 Å². The van der Waals surface area contributed by atoms with Gasteiger partial charge in [0.2, 0.25) is 0 Å². The minimum absolute atomic E-state index is 0.248. The first-order valence-corrected chi connectivity index (χ1v) is 6.32. The summed E-state index contributed by atoms with van der Waals surface area (Å²) < 4.78 is 40.6. The second kappa shape index (κ2) is 5.48. The maximum Gasteiger partial charge on any atom is 0.573 e. The molecule has 1 heterocycles. The predicted octanol–water partition coefficient (Wildman–Crippen LogP) is 3.96. The van der Waals surface area contributed by atoms with Crippen LogP contribution in [0.1, 0.15) is 10.7 Å². The lowest BCUT2D eigenvalue weighted by Crippen LogP contribution is -2.18. The standard InChI is InChI=1S/C12H11F3N2OS/c1-8-17-9(7-19-8)6-16-10-4-2-3-5-11(10)18-12(13,14)15/h2-5,7,16H,6H2,1H3. The van der Waals surface area contributed by atoms with Crippen molar-refractivity contribution in [2.75, 3.05) is 5.32 Å². The number of halogens is 3. The predicted molar refractivity (Wildman–Crippen MR) is 67.3 cm³/mol. The molecule has 0 aliphatic heterocycles. The lowest BCUT2D eigenvalue weighted by Gasteiger charge is -2.13. The summed E-state index contributed by atoms with van der Waals surface area (Å²) in [6.07, 6.45) is -4.70. The molecule has 19 heavy (non-hydrogen) atoms. The number of aromatic nitrogens is 1. The number of hydrogen-bond donors (Lipinski definition) is 1. The first kappa shape index (κ1) is 13.7. The summed E-state index contributed by atoms with van der Waals surface area (Å²) in [5, 5.41) is 5.65. The third-order valence-electron chi connectivity index (χ3n) is 2.24. The molecule has 102 valence electrons. The largest absolute Gasteiger partial charge is 0.573 e. The summed E-state index contributed by atoms with van der Waals surface area (Å²) in [5.74, 6) is -0.248. The maximum absolute atomic E-state index is 12.2. The van der Waals surface area contributed by atoms with E-state index in [1.54, 1.807) is 6.07 Å². The van der Waals surface area contributed by atoms with Gasteiger partial charge in [-0.2, -0.15) is 0 Å². The smallest absolute Gasteiger partial charge is 0.404 e. The van der Waals surface area contributed by atoms with Gasteiger partial charge in [-0.15, -0.1) is 24.5 Å². The SMILES string of the molecule is Cc1nc(CNc2ccccc2OC(F)(F)F)cs1. The van der Waals surface area contributed by atoms with Gasteiger partial charge in [0.25, 0.3) is 0 Å². The molecule has 3 nitrogen and oxygen atoms in total. The van der Waals surface area contributed by atoms with Crippen molar-refractivity contribution in [1.29, 1.82) is 0 Å². The van der Waals surface area contributed by atoms with Crippen molar-refractivity contribution in [1.82, 2.24) is 4.98 Å². The zero-order chi connectivity index (χ0) is 13.9. The van der Waals surface area contributed by atoms with E-state index in [0.29, 0.717) is 6.54 Å². The average Bonchev–Trinajstić information content (AvgIpc) is 2.72. The van der Waals surface area contributed by atoms with Crippen molar-refractivity contribution < 1.29 is 17.9 Å². The Morgan fingerprint density at radius 3 is 2.68 bits per heavy atom. The summed E-state index contributed by atoms with van der Waals surface area (Å²) in [7, 11) is 0. The van der Waals surface area contributed by atoms with Crippen molar-refractivity contribution in [3.63, 3.8) is 0 Å². The summed E-state index contributed by atoms with van der Waals surface area (Å²) in [6.45, 7) is 2.22. The average molecular weight is 288 g/mol. The number of para-hydroxylation sites is 2. The molecule has 0 unspecified atom stereocenters. The van der Waals surface area contributed by atoms with E-state index in [-0.39, 0.29) is 11.4 Å². The zero-order valence-electron chi connectivity index (χ0n) is 9.99. The van der Waals surface area contributed by atoms with Crippen LogP contribution in [-0.4, -0.2) is 11.3 Å². The summed E-state index contributed by atoms with van der Waals surface area (Å²) in [6, 6.07) is 5.92. The fourth-order valence-corrected chi connectivity index (χ4v) is 2.11. The molecule has 1 aromatic heterocycles. The Labute approximate surface area is 112 Å². The van der Waals surface area contributed by atoms with Crippen LogP contribution in [0.15, 0.2) is 29.6 Å². The number of hydrogen-bond acceptors (Lipinski definition) is 4. The highest BCUT2D eigenvalue weighted by atomic mass is 32.1. The topological polar surface area (TPSA) is 34.2 Å². The number of nitrogens with one attached hydrogen (secondary N) is 1. The molecule has 7 heteroatoms. The van der Waals surface area contributed by atoms with Crippen molar-refractivity contribution in [2.24, 2.45) is 0 Å². The molecule has 0 saturated carbocycles. The Morgan fingerprint density at radius 1 is 1.32 bits per heavy atom. The number of thiazole rings is 1. The van der Waals surface area contributed by atoms with Crippen LogP contribution in [0, 0.1) is 6.92 Å². The van der Waals surface area contributed by atoms with Gasteiger partial charge in [0.1, 0.15) is 0 Å². The molecule has 0 aliphatic carbocycles. The van der Waals surface area contributed by atoms with Gasteiger partial charge in [-0.3, -0.25) is 0 Å². The van der Waals surface area contributed by atoms with Crippen LogP contribution in [0.5, 0.6) is 5.75 Å². The van der Waals surface area contributed by atoms with E-state index >= 15 is 0 Å². The third kappa shape index (κ3) is 4.13. The monoisotopic (exact) mass is 288 g/mol. The number of anilines is 1. The Morgan fingerprint density at radius 2 is 2.05 bits per heavy atom. The number of alkyl halides is 3. The second-order valence-electron chi connectivity index (χ2n) is 3.76. The second-order valence-corrected chi connectivity index (χ2v) is 4.82. The van der Waals surface area contributed by atoms with E-state index in [2.05, 4.69) is 15.0 Å². The Balaban J connectivity index is 2.07. The number of rotatable bonds is 4. The lowest BCUT2D eigenvalue weighted by molar-refractivity contribution is -0.274. The van der Waals surface area contributed by atoms with Gasteiger partial charge in [0.05, 0.1) is 22.9 Å². The number of aryl methyl sites for hydroxylation is 1. The van der Waals surface area contributed by atoms with Gasteiger partial charge >= 0.3 is 6.36 Å². The molecule has 0 saturated heterocycles. The molecule has 0 radical (unpaired) electrons. The van der Waals surface area contributed by atoms with Crippen LogP contribution >= 0.6 is 11.3 Å². The normalized spacial score (nSPS) is 11.4. The first-order valence-electron chi connectivity index (χ1n) is 5.44. The van der Waals surface area contributed by atoms with E-state index in [1.165, 1.54) is 29.5 Å². The van der Waals surface area contributed by atoms with Crippen LogP contribution in [0.25, 0.3) is 0 Å². The molecule has 2 rings (SSSR count). The number of ether oxygens (including phenoxy) is 1. The molecular weight excluding hydrogens is 277 g/mol. The van der Waals surface area contributed by atoms with Crippen molar-refractivity contribution in [3.8, 4) is 5.75 Å². The molecule has 2 aromatic rings. The minimum atomic E-state index is -4.70. The molecular formula is C12H11F3N2OS. The van der Waals surface area contributed by atoms with Gasteiger partial charge in [0.15, 0.2) is 5.75 Å². The van der Waals surface area contributed by atoms with E-state index in [4.69, 9.17) is 0 Å². The number of benzene rings is 1. The summed E-state index contributed by atoms with van der Waals surface area (Å²) >= 11 is 1.49. The van der Waals surface area contributed by atoms with Crippen molar-refractivity contribution in [3.05, 3.63) is 40.3 Å². The summed E-state index contributed by atoms with van der Waals surface area (Å²) in [5.41, 5.74) is 1.06. The lowest BCUT2D eigenvalue weighted by atomic mass is 10.3. The fourth-order valence-electron chi connectivity index (χ4n) is 1.50. The van der Waals surface area contributed by atoms with Crippen molar-refractivity contribution >= 4 is 17.0 Å². The Bertz CT molecular complexity index is 554. The molecule has 1 aromatic carbocycles. The van der Waals surface area contributed by atoms with Crippen molar-refractivity contribution in [2.45, 2.75) is 19.8 Å². The molecule has 0 spiro atoms. The van der Waals surface area contributed by atoms with E-state index in [9.17, 15) is 13.2 Å². The van der Waals surface area contributed by atoms with Gasteiger partial charge in [-0.1, -0.05) is 12.1 Å². The van der Waals surface area contributed by atoms with Gasteiger partial charge in [-0.05, 0) is 19.1 Å². The molecule has 0 amide bonds. The van der Waals surface area contributed by atoms with Crippen LogP contribution in [0.2, 0.25) is 0 Å². The van der Waals surface area contributed by atoms with Crippen LogP contribution in [-0.2, 0) is 6.54 Å². The van der Waals surface area contributed by atoms with E-state index in [0.717, 1.165) is 10.7 Å². The molecule has 0 fully saturated rings. The van der Waals surface area contributed by atoms with Crippen LogP contribution < -0.4 is 10.1 Å². The third-order valence-corrected chi connectivity index (χ3v) is 3.06. The van der Waals surface area contributed by atoms with Crippen LogP contribution in [0.4, 0.5) is 18.9 Å². The number of nitrogens with zero attached hydrogens (tertiary/aromatic N) is 1. The van der Waals surface area contributed by atoms with E-state index < -0.39 is 6.36 Å². The highest BCUT2D eigenvalue weighted by Crippen LogP contribution is 2.30. The zero-order valence-corrected chi connectivity index (χ0v) is 10.8. The van der Waals surface area contributed by atoms with E-state index in [1.807, 2.05) is 12.3 Å². The fraction of sp³-hybridized carbons (Fsp3) is 0.250. The molecule has 0 bridgehead atoms.